The first kappa shape index (κ1) is 15.4. The fraction of sp³-hybridized carbons (Fsp3) is 0.571. The van der Waals surface area contributed by atoms with Gasteiger partial charge in [-0.25, -0.2) is 8.42 Å². The maximum Gasteiger partial charge on any atom is 0.218 e. The van der Waals surface area contributed by atoms with Gasteiger partial charge < -0.3 is 10.5 Å². The smallest absolute Gasteiger partial charge is 0.218 e. The van der Waals surface area contributed by atoms with Crippen molar-refractivity contribution in [3.63, 3.8) is 0 Å². The average Bonchev–Trinajstić information content (AvgIpc) is 2.47. The molecule has 5 nitrogen and oxygen atoms in total. The topological polar surface area (TPSA) is 72.6 Å². The molecule has 0 bridgehead atoms. The number of nitrogens with zero attached hydrogens (tertiary/aromatic N) is 1. The molecule has 0 aliphatic carbocycles. The van der Waals surface area contributed by atoms with Crippen LogP contribution in [0.3, 0.4) is 0 Å². The SMILES string of the molecule is CCC1COCCN1S(=O)(=O)Cc1cccc(CN)c1. The highest BCUT2D eigenvalue weighted by atomic mass is 32.2. The largest absolute Gasteiger partial charge is 0.378 e. The summed E-state index contributed by atoms with van der Waals surface area (Å²) in [4.78, 5) is 0. The minimum absolute atomic E-state index is 0.0251. The second-order valence-corrected chi connectivity index (χ2v) is 6.95. The second kappa shape index (κ2) is 6.67. The Bertz CT molecular complexity index is 545. The minimum Gasteiger partial charge on any atom is -0.378 e. The van der Waals surface area contributed by atoms with Crippen LogP contribution in [0.2, 0.25) is 0 Å². The summed E-state index contributed by atoms with van der Waals surface area (Å²) in [6.07, 6.45) is 0.766. The lowest BCUT2D eigenvalue weighted by atomic mass is 10.1. The predicted octanol–water partition coefficient (Wildman–Crippen LogP) is 1.09. The lowest BCUT2D eigenvalue weighted by molar-refractivity contribution is 0.0313. The van der Waals surface area contributed by atoms with Crippen LogP contribution in [0, 0.1) is 0 Å². The van der Waals surface area contributed by atoms with Gasteiger partial charge in [0, 0.05) is 19.1 Å². The molecule has 112 valence electrons. The monoisotopic (exact) mass is 298 g/mol. The van der Waals surface area contributed by atoms with Crippen LogP contribution in [0.4, 0.5) is 0 Å². The maximum atomic E-state index is 12.6. The fourth-order valence-corrected chi connectivity index (χ4v) is 4.25. The molecule has 1 atom stereocenters. The van der Waals surface area contributed by atoms with Crippen LogP contribution in [0.25, 0.3) is 0 Å². The van der Waals surface area contributed by atoms with Crippen molar-refractivity contribution in [2.24, 2.45) is 5.73 Å². The molecule has 1 aromatic rings. The van der Waals surface area contributed by atoms with E-state index in [4.69, 9.17) is 10.5 Å². The number of hydrogen-bond acceptors (Lipinski definition) is 4. The summed E-state index contributed by atoms with van der Waals surface area (Å²) < 4.78 is 32.1. The van der Waals surface area contributed by atoms with E-state index in [1.807, 2.05) is 31.2 Å². The molecule has 0 spiro atoms. The zero-order valence-electron chi connectivity index (χ0n) is 11.8. The highest BCUT2D eigenvalue weighted by Gasteiger charge is 2.31. The Morgan fingerprint density at radius 2 is 2.15 bits per heavy atom. The van der Waals surface area contributed by atoms with Gasteiger partial charge in [0.1, 0.15) is 0 Å². The maximum absolute atomic E-state index is 12.6. The first-order chi connectivity index (χ1) is 9.56. The molecule has 1 saturated heterocycles. The Hall–Kier alpha value is -0.950. The van der Waals surface area contributed by atoms with E-state index in [9.17, 15) is 8.42 Å². The Morgan fingerprint density at radius 3 is 2.85 bits per heavy atom. The number of hydrogen-bond donors (Lipinski definition) is 1. The molecule has 1 aliphatic rings. The summed E-state index contributed by atoms with van der Waals surface area (Å²) in [5.74, 6) is 0.0251. The molecule has 0 radical (unpaired) electrons. The van der Waals surface area contributed by atoms with E-state index >= 15 is 0 Å². The highest BCUT2D eigenvalue weighted by Crippen LogP contribution is 2.19. The lowest BCUT2D eigenvalue weighted by Gasteiger charge is -2.34. The molecule has 2 rings (SSSR count). The van der Waals surface area contributed by atoms with Gasteiger partial charge in [0.05, 0.1) is 19.0 Å². The van der Waals surface area contributed by atoms with Gasteiger partial charge in [0.15, 0.2) is 0 Å². The summed E-state index contributed by atoms with van der Waals surface area (Å²) in [6.45, 7) is 3.80. The number of ether oxygens (including phenoxy) is 1. The second-order valence-electron chi connectivity index (χ2n) is 5.03. The zero-order valence-corrected chi connectivity index (χ0v) is 12.6. The van der Waals surface area contributed by atoms with Crippen molar-refractivity contribution in [1.29, 1.82) is 0 Å². The Balaban J connectivity index is 2.17. The van der Waals surface area contributed by atoms with Gasteiger partial charge in [-0.2, -0.15) is 4.31 Å². The standard InChI is InChI=1S/C14H22N2O3S/c1-2-14-10-19-7-6-16(14)20(17,18)11-13-5-3-4-12(8-13)9-15/h3-5,8,14H,2,6-7,9-11,15H2,1H3. The van der Waals surface area contributed by atoms with Crippen LogP contribution in [-0.4, -0.2) is 38.5 Å². The van der Waals surface area contributed by atoms with Gasteiger partial charge >= 0.3 is 0 Å². The Kier molecular flexibility index (Phi) is 5.15. The van der Waals surface area contributed by atoms with Crippen molar-refractivity contribution < 1.29 is 13.2 Å². The predicted molar refractivity (Wildman–Crippen MR) is 78.6 cm³/mol. The molecule has 0 amide bonds. The van der Waals surface area contributed by atoms with Crippen molar-refractivity contribution in [2.75, 3.05) is 19.8 Å². The first-order valence-electron chi connectivity index (χ1n) is 6.92. The molecule has 20 heavy (non-hydrogen) atoms. The molecule has 1 heterocycles. The van der Waals surface area contributed by atoms with Crippen molar-refractivity contribution in [2.45, 2.75) is 31.7 Å². The van der Waals surface area contributed by atoms with E-state index in [-0.39, 0.29) is 11.8 Å². The van der Waals surface area contributed by atoms with Crippen LogP contribution in [0.15, 0.2) is 24.3 Å². The zero-order chi connectivity index (χ0) is 14.6. The van der Waals surface area contributed by atoms with Gasteiger partial charge in [-0.05, 0) is 17.5 Å². The summed E-state index contributed by atoms with van der Waals surface area (Å²) in [5, 5.41) is 0. The van der Waals surface area contributed by atoms with Crippen LogP contribution < -0.4 is 5.73 Å². The van der Waals surface area contributed by atoms with Gasteiger partial charge in [-0.15, -0.1) is 0 Å². The minimum atomic E-state index is -3.31. The molecule has 2 N–H and O–H groups in total. The molecule has 0 aromatic heterocycles. The third kappa shape index (κ3) is 3.58. The third-order valence-electron chi connectivity index (χ3n) is 3.58. The molecule has 1 aliphatic heterocycles. The van der Waals surface area contributed by atoms with E-state index in [1.165, 1.54) is 0 Å². The van der Waals surface area contributed by atoms with Crippen LogP contribution in [-0.2, 0) is 27.1 Å². The lowest BCUT2D eigenvalue weighted by Crippen LogP contribution is -2.48. The molecule has 1 fully saturated rings. The molecular formula is C14H22N2O3S. The van der Waals surface area contributed by atoms with Gasteiger partial charge in [0.25, 0.3) is 0 Å². The number of rotatable bonds is 5. The van der Waals surface area contributed by atoms with Crippen molar-refractivity contribution in [3.05, 3.63) is 35.4 Å². The van der Waals surface area contributed by atoms with Crippen LogP contribution in [0.1, 0.15) is 24.5 Å². The van der Waals surface area contributed by atoms with Crippen LogP contribution in [0.5, 0.6) is 0 Å². The quantitative estimate of drug-likeness (QED) is 0.883. The summed E-state index contributed by atoms with van der Waals surface area (Å²) >= 11 is 0. The summed E-state index contributed by atoms with van der Waals surface area (Å²) in [6, 6.07) is 7.40. The summed E-state index contributed by atoms with van der Waals surface area (Å²) in [5.41, 5.74) is 7.33. The summed E-state index contributed by atoms with van der Waals surface area (Å²) in [7, 11) is -3.31. The molecular weight excluding hydrogens is 276 g/mol. The van der Waals surface area contributed by atoms with Gasteiger partial charge in [-0.1, -0.05) is 31.2 Å². The van der Waals surface area contributed by atoms with E-state index in [1.54, 1.807) is 4.31 Å². The first-order valence-corrected chi connectivity index (χ1v) is 8.53. The van der Waals surface area contributed by atoms with Crippen molar-refractivity contribution in [3.8, 4) is 0 Å². The normalized spacial score (nSPS) is 21.0. The van der Waals surface area contributed by atoms with E-state index < -0.39 is 10.0 Å². The number of benzene rings is 1. The van der Waals surface area contributed by atoms with Gasteiger partial charge in [-0.3, -0.25) is 0 Å². The highest BCUT2D eigenvalue weighted by molar-refractivity contribution is 7.88. The van der Waals surface area contributed by atoms with E-state index in [2.05, 4.69) is 0 Å². The van der Waals surface area contributed by atoms with Crippen LogP contribution >= 0.6 is 0 Å². The Morgan fingerprint density at radius 1 is 1.40 bits per heavy atom. The molecule has 1 aromatic carbocycles. The average molecular weight is 298 g/mol. The molecule has 6 heteroatoms. The molecule has 1 unspecified atom stereocenters. The fourth-order valence-electron chi connectivity index (χ4n) is 2.47. The molecule has 0 saturated carbocycles. The van der Waals surface area contributed by atoms with E-state index in [0.717, 1.165) is 17.5 Å². The van der Waals surface area contributed by atoms with Crippen molar-refractivity contribution >= 4 is 10.0 Å². The van der Waals surface area contributed by atoms with Gasteiger partial charge in [0.2, 0.25) is 10.0 Å². The number of sulfonamides is 1. The van der Waals surface area contributed by atoms with Crippen molar-refractivity contribution in [1.82, 2.24) is 4.31 Å². The van der Waals surface area contributed by atoms with E-state index in [0.29, 0.717) is 26.3 Å². The third-order valence-corrected chi connectivity index (χ3v) is 5.47. The Labute approximate surface area is 120 Å². The number of morpholine rings is 1. The number of nitrogens with two attached hydrogens (primary N) is 1.